The number of anilines is 1. The summed E-state index contributed by atoms with van der Waals surface area (Å²) < 4.78 is 30.7. The van der Waals surface area contributed by atoms with Gasteiger partial charge in [0.25, 0.3) is 0 Å². The van der Waals surface area contributed by atoms with Crippen LogP contribution in [0.2, 0.25) is 5.02 Å². The third kappa shape index (κ3) is 3.47. The summed E-state index contributed by atoms with van der Waals surface area (Å²) in [4.78, 5) is 0.114. The van der Waals surface area contributed by atoms with Gasteiger partial charge in [0.05, 0.1) is 10.6 Å². The van der Waals surface area contributed by atoms with E-state index in [1.165, 1.54) is 32.3 Å². The Morgan fingerprint density at radius 2 is 1.86 bits per heavy atom. The van der Waals surface area contributed by atoms with Crippen molar-refractivity contribution in [3.63, 3.8) is 0 Å². The largest absolute Gasteiger partial charge is 0.455 e. The van der Waals surface area contributed by atoms with Crippen LogP contribution in [0.4, 0.5) is 5.69 Å². The van der Waals surface area contributed by atoms with E-state index in [0.717, 1.165) is 4.31 Å². The first-order valence-corrected chi connectivity index (χ1v) is 7.88. The molecule has 0 saturated carbocycles. The summed E-state index contributed by atoms with van der Waals surface area (Å²) in [7, 11) is -0.599. The predicted molar refractivity (Wildman–Crippen MR) is 83.3 cm³/mol. The lowest BCUT2D eigenvalue weighted by atomic mass is 10.3. The zero-order valence-corrected chi connectivity index (χ0v) is 13.1. The molecule has 0 spiro atoms. The summed E-state index contributed by atoms with van der Waals surface area (Å²) in [5, 5.41) is 0.540. The van der Waals surface area contributed by atoms with Gasteiger partial charge in [-0.15, -0.1) is 0 Å². The van der Waals surface area contributed by atoms with Gasteiger partial charge in [-0.2, -0.15) is 0 Å². The Morgan fingerprint density at radius 1 is 1.14 bits per heavy atom. The Labute approximate surface area is 128 Å². The molecule has 2 aromatic carbocycles. The van der Waals surface area contributed by atoms with Gasteiger partial charge in [-0.1, -0.05) is 17.7 Å². The van der Waals surface area contributed by atoms with Crippen molar-refractivity contribution < 1.29 is 13.2 Å². The predicted octanol–water partition coefficient (Wildman–Crippen LogP) is 2.96. The molecule has 2 aromatic rings. The lowest BCUT2D eigenvalue weighted by Gasteiger charge is -2.14. The van der Waals surface area contributed by atoms with Crippen LogP contribution in [0.15, 0.2) is 47.4 Å². The molecule has 0 aliphatic heterocycles. The quantitative estimate of drug-likeness (QED) is 0.877. The highest BCUT2D eigenvalue weighted by molar-refractivity contribution is 7.89. The van der Waals surface area contributed by atoms with Gasteiger partial charge in [0, 0.05) is 19.1 Å². The highest BCUT2D eigenvalue weighted by Crippen LogP contribution is 2.31. The van der Waals surface area contributed by atoms with Gasteiger partial charge in [-0.3, -0.25) is 0 Å². The van der Waals surface area contributed by atoms with E-state index in [-0.39, 0.29) is 10.6 Å². The van der Waals surface area contributed by atoms with E-state index in [1.54, 1.807) is 24.3 Å². The Bertz CT molecular complexity index is 761. The van der Waals surface area contributed by atoms with E-state index < -0.39 is 10.0 Å². The van der Waals surface area contributed by atoms with Crippen molar-refractivity contribution in [2.75, 3.05) is 19.8 Å². The average Bonchev–Trinajstić information content (AvgIpc) is 2.41. The highest BCUT2D eigenvalue weighted by Gasteiger charge is 2.18. The van der Waals surface area contributed by atoms with E-state index in [2.05, 4.69) is 0 Å². The van der Waals surface area contributed by atoms with Gasteiger partial charge in [-0.05, 0) is 36.4 Å². The molecule has 2 rings (SSSR count). The van der Waals surface area contributed by atoms with Crippen LogP contribution in [0.3, 0.4) is 0 Å². The van der Waals surface area contributed by atoms with Gasteiger partial charge in [0.1, 0.15) is 11.5 Å². The fraction of sp³-hybridized carbons (Fsp3) is 0.143. The molecule has 21 heavy (non-hydrogen) atoms. The summed E-state index contributed by atoms with van der Waals surface area (Å²) in [5.74, 6) is 0.896. The molecule has 0 unspecified atom stereocenters. The van der Waals surface area contributed by atoms with Crippen molar-refractivity contribution in [2.45, 2.75) is 4.90 Å². The summed E-state index contributed by atoms with van der Waals surface area (Å²) in [6, 6.07) is 11.2. The summed E-state index contributed by atoms with van der Waals surface area (Å²) >= 11 is 5.87. The number of rotatable bonds is 4. The van der Waals surface area contributed by atoms with Gasteiger partial charge in [0.15, 0.2) is 0 Å². The van der Waals surface area contributed by atoms with Crippen LogP contribution in [0.25, 0.3) is 0 Å². The lowest BCUT2D eigenvalue weighted by Crippen LogP contribution is -2.22. The minimum Gasteiger partial charge on any atom is -0.455 e. The SMILES string of the molecule is CN(C)S(=O)(=O)c1ccc(Oc2cccc(Cl)c2)c(N)c1. The zero-order chi connectivity index (χ0) is 15.6. The maximum Gasteiger partial charge on any atom is 0.242 e. The molecule has 0 bridgehead atoms. The fourth-order valence-electron chi connectivity index (χ4n) is 1.65. The molecule has 0 aromatic heterocycles. The molecule has 5 nitrogen and oxygen atoms in total. The van der Waals surface area contributed by atoms with Crippen LogP contribution in [0.5, 0.6) is 11.5 Å². The first kappa shape index (κ1) is 15.6. The van der Waals surface area contributed by atoms with Crippen LogP contribution in [-0.2, 0) is 10.0 Å². The summed E-state index contributed by atoms with van der Waals surface area (Å²) in [6.07, 6.45) is 0. The molecular weight excluding hydrogens is 312 g/mol. The second-order valence-corrected chi connectivity index (χ2v) is 7.13. The average molecular weight is 327 g/mol. The first-order valence-electron chi connectivity index (χ1n) is 6.06. The van der Waals surface area contributed by atoms with Crippen LogP contribution in [0.1, 0.15) is 0 Å². The van der Waals surface area contributed by atoms with Crippen molar-refractivity contribution in [3.8, 4) is 11.5 Å². The number of nitrogens with zero attached hydrogens (tertiary/aromatic N) is 1. The fourth-order valence-corrected chi connectivity index (χ4v) is 2.77. The molecule has 7 heteroatoms. The van der Waals surface area contributed by atoms with Crippen molar-refractivity contribution in [2.24, 2.45) is 0 Å². The number of nitrogens with two attached hydrogens (primary N) is 1. The second kappa shape index (κ2) is 5.93. The Morgan fingerprint density at radius 3 is 2.43 bits per heavy atom. The van der Waals surface area contributed by atoms with Crippen LogP contribution < -0.4 is 10.5 Å². The second-order valence-electron chi connectivity index (χ2n) is 4.55. The maximum atomic E-state index is 12.0. The van der Waals surface area contributed by atoms with Crippen molar-refractivity contribution in [1.29, 1.82) is 0 Å². The van der Waals surface area contributed by atoms with E-state index >= 15 is 0 Å². The summed E-state index contributed by atoms with van der Waals surface area (Å²) in [6.45, 7) is 0. The zero-order valence-electron chi connectivity index (χ0n) is 11.6. The minimum atomic E-state index is -3.52. The Balaban J connectivity index is 2.32. The molecule has 0 aliphatic rings. The molecule has 112 valence electrons. The molecule has 0 radical (unpaired) electrons. The Hall–Kier alpha value is -1.76. The van der Waals surface area contributed by atoms with Gasteiger partial charge in [-0.25, -0.2) is 12.7 Å². The smallest absolute Gasteiger partial charge is 0.242 e. The topological polar surface area (TPSA) is 72.6 Å². The number of halogens is 1. The van der Waals surface area contributed by atoms with E-state index in [9.17, 15) is 8.42 Å². The number of hydrogen-bond acceptors (Lipinski definition) is 4. The minimum absolute atomic E-state index is 0.114. The normalized spacial score (nSPS) is 11.6. The van der Waals surface area contributed by atoms with Crippen molar-refractivity contribution in [3.05, 3.63) is 47.5 Å². The van der Waals surface area contributed by atoms with E-state index in [0.29, 0.717) is 16.5 Å². The molecule has 0 aliphatic carbocycles. The molecule has 0 fully saturated rings. The standard InChI is InChI=1S/C14H15ClN2O3S/c1-17(2)21(18,19)12-6-7-14(13(16)9-12)20-11-5-3-4-10(15)8-11/h3-9H,16H2,1-2H3. The van der Waals surface area contributed by atoms with Gasteiger partial charge in [0.2, 0.25) is 10.0 Å². The van der Waals surface area contributed by atoms with Crippen LogP contribution in [-0.4, -0.2) is 26.8 Å². The number of nitrogen functional groups attached to an aromatic ring is 1. The monoisotopic (exact) mass is 326 g/mol. The third-order valence-corrected chi connectivity index (χ3v) is 4.83. The van der Waals surface area contributed by atoms with Crippen molar-refractivity contribution in [1.82, 2.24) is 4.31 Å². The van der Waals surface area contributed by atoms with Gasteiger partial charge < -0.3 is 10.5 Å². The molecule has 2 N–H and O–H groups in total. The molecule has 0 atom stereocenters. The highest BCUT2D eigenvalue weighted by atomic mass is 35.5. The van der Waals surface area contributed by atoms with E-state index in [1.807, 2.05) is 0 Å². The van der Waals surface area contributed by atoms with Crippen molar-refractivity contribution >= 4 is 27.3 Å². The Kier molecular flexibility index (Phi) is 4.41. The molecule has 0 heterocycles. The van der Waals surface area contributed by atoms with Crippen LogP contribution in [0, 0.1) is 0 Å². The number of sulfonamides is 1. The van der Waals surface area contributed by atoms with Gasteiger partial charge >= 0.3 is 0 Å². The van der Waals surface area contributed by atoms with E-state index in [4.69, 9.17) is 22.1 Å². The molecular formula is C14H15ClN2O3S. The van der Waals surface area contributed by atoms with Crippen LogP contribution >= 0.6 is 11.6 Å². The maximum absolute atomic E-state index is 12.0. The number of benzene rings is 2. The first-order chi connectivity index (χ1) is 9.80. The summed E-state index contributed by atoms with van der Waals surface area (Å²) in [5.41, 5.74) is 6.10. The lowest BCUT2D eigenvalue weighted by molar-refractivity contribution is 0.484. The number of hydrogen-bond donors (Lipinski definition) is 1. The third-order valence-electron chi connectivity index (χ3n) is 2.78. The molecule has 0 saturated heterocycles. The molecule has 0 amide bonds. The number of ether oxygens (including phenoxy) is 1.